The molecule has 0 saturated carbocycles. The van der Waals surface area contributed by atoms with Gasteiger partial charge in [-0.3, -0.25) is 9.58 Å². The van der Waals surface area contributed by atoms with Crippen LogP contribution >= 0.6 is 0 Å². The topological polar surface area (TPSA) is 44.5 Å². The van der Waals surface area contributed by atoms with Crippen molar-refractivity contribution in [3.63, 3.8) is 0 Å². The summed E-state index contributed by atoms with van der Waals surface area (Å²) in [6.07, 6.45) is 1.36. The van der Waals surface area contributed by atoms with Gasteiger partial charge in [-0.1, -0.05) is 0 Å². The van der Waals surface area contributed by atoms with E-state index in [1.807, 2.05) is 19.3 Å². The number of aliphatic hydroxyl groups excluding tert-OH is 1. The van der Waals surface area contributed by atoms with Crippen LogP contribution in [-0.4, -0.2) is 64.5 Å². The minimum absolute atomic E-state index is 0.133. The van der Waals surface area contributed by atoms with Crippen molar-refractivity contribution in [1.82, 2.24) is 19.6 Å². The predicted octanol–water partition coefficient (Wildman–Crippen LogP) is -0.301. The molecule has 0 aliphatic carbocycles. The number of aryl methyl sites for hydroxylation is 1. The zero-order chi connectivity index (χ0) is 11.7. The van der Waals surface area contributed by atoms with E-state index in [-0.39, 0.29) is 6.04 Å². The Bertz CT molecular complexity index is 352. The van der Waals surface area contributed by atoms with Gasteiger partial charge in [0.25, 0.3) is 0 Å². The summed E-state index contributed by atoms with van der Waals surface area (Å²) in [6, 6.07) is 2.02. The maximum atomic E-state index is 10.3. The van der Waals surface area contributed by atoms with Crippen LogP contribution in [0.3, 0.4) is 0 Å². The Hall–Kier alpha value is -0.910. The first-order valence-electron chi connectivity index (χ1n) is 5.64. The van der Waals surface area contributed by atoms with Gasteiger partial charge in [-0.2, -0.15) is 5.10 Å². The molecule has 5 heteroatoms. The molecule has 1 N–H and O–H groups in total. The molecule has 2 rings (SSSR count). The maximum Gasteiger partial charge on any atom is 0.114 e. The van der Waals surface area contributed by atoms with Gasteiger partial charge < -0.3 is 10.0 Å². The van der Waals surface area contributed by atoms with Crippen molar-refractivity contribution in [3.8, 4) is 0 Å². The first-order chi connectivity index (χ1) is 7.58. The van der Waals surface area contributed by atoms with Crippen molar-refractivity contribution < 1.29 is 5.11 Å². The van der Waals surface area contributed by atoms with Crippen LogP contribution in [0.2, 0.25) is 0 Å². The maximum absolute atomic E-state index is 10.3. The molecule has 2 atom stereocenters. The SMILES string of the molecule is CN1CCN(C)C(C(O)c2ccn(C)n2)C1. The Labute approximate surface area is 96.3 Å². The van der Waals surface area contributed by atoms with Crippen LogP contribution in [0.5, 0.6) is 0 Å². The predicted molar refractivity (Wildman–Crippen MR) is 62.1 cm³/mol. The van der Waals surface area contributed by atoms with Gasteiger partial charge in [0.1, 0.15) is 6.10 Å². The fourth-order valence-corrected chi connectivity index (χ4v) is 2.17. The molecule has 0 bridgehead atoms. The van der Waals surface area contributed by atoms with E-state index in [1.165, 1.54) is 0 Å². The molecule has 0 aromatic carbocycles. The summed E-state index contributed by atoms with van der Waals surface area (Å²) >= 11 is 0. The van der Waals surface area contributed by atoms with Gasteiger partial charge in [0.15, 0.2) is 0 Å². The summed E-state index contributed by atoms with van der Waals surface area (Å²) in [7, 11) is 6.02. The van der Waals surface area contributed by atoms with Crippen LogP contribution in [0, 0.1) is 0 Å². The Morgan fingerprint density at radius 3 is 2.75 bits per heavy atom. The van der Waals surface area contributed by atoms with Crippen LogP contribution in [0.4, 0.5) is 0 Å². The number of nitrogens with zero attached hydrogens (tertiary/aromatic N) is 4. The van der Waals surface area contributed by atoms with Crippen LogP contribution in [0.25, 0.3) is 0 Å². The van der Waals surface area contributed by atoms with E-state index >= 15 is 0 Å². The molecule has 0 spiro atoms. The van der Waals surface area contributed by atoms with E-state index in [4.69, 9.17) is 0 Å². The van der Waals surface area contributed by atoms with Gasteiger partial charge in [0.2, 0.25) is 0 Å². The van der Waals surface area contributed by atoms with Crippen LogP contribution < -0.4 is 0 Å². The molecule has 1 aliphatic rings. The monoisotopic (exact) mass is 224 g/mol. The standard InChI is InChI=1S/C11H20N4O/c1-13-6-7-14(2)10(8-13)11(16)9-4-5-15(3)12-9/h4-5,10-11,16H,6-8H2,1-3H3. The van der Waals surface area contributed by atoms with Gasteiger partial charge in [-0.15, -0.1) is 0 Å². The van der Waals surface area contributed by atoms with Crippen molar-refractivity contribution in [3.05, 3.63) is 18.0 Å². The van der Waals surface area contributed by atoms with E-state index in [0.29, 0.717) is 0 Å². The third-order valence-electron chi connectivity index (χ3n) is 3.30. The molecule has 1 saturated heterocycles. The molecule has 2 unspecified atom stereocenters. The molecule has 2 heterocycles. The van der Waals surface area contributed by atoms with E-state index in [2.05, 4.69) is 29.0 Å². The van der Waals surface area contributed by atoms with Crippen molar-refractivity contribution in [2.75, 3.05) is 33.7 Å². The Balaban J connectivity index is 2.10. The highest BCUT2D eigenvalue weighted by Crippen LogP contribution is 2.21. The minimum Gasteiger partial charge on any atom is -0.385 e. The zero-order valence-electron chi connectivity index (χ0n) is 10.2. The molecular weight excluding hydrogens is 204 g/mol. The number of aliphatic hydroxyl groups is 1. The van der Waals surface area contributed by atoms with Gasteiger partial charge in [-0.25, -0.2) is 0 Å². The number of hydrogen-bond donors (Lipinski definition) is 1. The summed E-state index contributed by atoms with van der Waals surface area (Å²) in [6.45, 7) is 2.93. The second-order valence-corrected chi connectivity index (χ2v) is 4.67. The van der Waals surface area contributed by atoms with Crippen LogP contribution in [0.15, 0.2) is 12.3 Å². The molecule has 1 aromatic heterocycles. The van der Waals surface area contributed by atoms with Crippen molar-refractivity contribution in [1.29, 1.82) is 0 Å². The molecule has 1 fully saturated rings. The Kier molecular flexibility index (Phi) is 3.28. The second kappa shape index (κ2) is 4.53. The molecule has 1 aliphatic heterocycles. The average Bonchev–Trinajstić information content (AvgIpc) is 2.67. The third-order valence-corrected chi connectivity index (χ3v) is 3.30. The van der Waals surface area contributed by atoms with Crippen molar-refractivity contribution >= 4 is 0 Å². The summed E-state index contributed by atoms with van der Waals surface area (Å²) in [5.41, 5.74) is 0.759. The molecule has 0 amide bonds. The summed E-state index contributed by atoms with van der Waals surface area (Å²) in [5.74, 6) is 0. The third kappa shape index (κ3) is 2.26. The lowest BCUT2D eigenvalue weighted by Gasteiger charge is -2.39. The second-order valence-electron chi connectivity index (χ2n) is 4.67. The minimum atomic E-state index is -0.506. The van der Waals surface area contributed by atoms with Gasteiger partial charge in [0, 0.05) is 32.9 Å². The number of aromatic nitrogens is 2. The zero-order valence-corrected chi connectivity index (χ0v) is 10.2. The smallest absolute Gasteiger partial charge is 0.114 e. The lowest BCUT2D eigenvalue weighted by atomic mass is 10.0. The highest BCUT2D eigenvalue weighted by Gasteiger charge is 2.30. The van der Waals surface area contributed by atoms with Crippen molar-refractivity contribution in [2.45, 2.75) is 12.1 Å². The summed E-state index contributed by atoms with van der Waals surface area (Å²) < 4.78 is 1.73. The first-order valence-corrected chi connectivity index (χ1v) is 5.64. The number of rotatable bonds is 2. The highest BCUT2D eigenvalue weighted by molar-refractivity contribution is 5.07. The summed E-state index contributed by atoms with van der Waals surface area (Å²) in [4.78, 5) is 4.45. The van der Waals surface area contributed by atoms with Gasteiger partial charge in [0.05, 0.1) is 11.7 Å². The molecule has 1 aromatic rings. The average molecular weight is 224 g/mol. The molecule has 0 radical (unpaired) electrons. The first kappa shape index (κ1) is 11.6. The molecular formula is C11H20N4O. The van der Waals surface area contributed by atoms with E-state index in [0.717, 1.165) is 25.3 Å². The lowest BCUT2D eigenvalue weighted by Crippen LogP contribution is -2.52. The van der Waals surface area contributed by atoms with E-state index < -0.39 is 6.10 Å². The largest absolute Gasteiger partial charge is 0.385 e. The molecule has 16 heavy (non-hydrogen) atoms. The number of likely N-dealkylation sites (N-methyl/N-ethyl adjacent to an activating group) is 2. The molecule has 90 valence electrons. The Morgan fingerprint density at radius 1 is 1.38 bits per heavy atom. The lowest BCUT2D eigenvalue weighted by molar-refractivity contribution is 0.0115. The number of piperazine rings is 1. The highest BCUT2D eigenvalue weighted by atomic mass is 16.3. The Morgan fingerprint density at radius 2 is 2.12 bits per heavy atom. The van der Waals surface area contributed by atoms with Crippen LogP contribution in [0.1, 0.15) is 11.8 Å². The van der Waals surface area contributed by atoms with Gasteiger partial charge >= 0.3 is 0 Å². The quantitative estimate of drug-likeness (QED) is 0.749. The fourth-order valence-electron chi connectivity index (χ4n) is 2.17. The van der Waals surface area contributed by atoms with E-state index in [1.54, 1.807) is 4.68 Å². The van der Waals surface area contributed by atoms with Crippen LogP contribution in [-0.2, 0) is 7.05 Å². The van der Waals surface area contributed by atoms with Crippen molar-refractivity contribution in [2.24, 2.45) is 7.05 Å². The normalized spacial score (nSPS) is 25.9. The molecule has 5 nitrogen and oxygen atoms in total. The summed E-state index contributed by atoms with van der Waals surface area (Å²) in [5, 5.41) is 14.6. The fraction of sp³-hybridized carbons (Fsp3) is 0.727. The van der Waals surface area contributed by atoms with E-state index in [9.17, 15) is 5.11 Å². The number of hydrogen-bond acceptors (Lipinski definition) is 4. The van der Waals surface area contributed by atoms with Gasteiger partial charge in [-0.05, 0) is 20.2 Å².